The van der Waals surface area contributed by atoms with Gasteiger partial charge < -0.3 is 31.3 Å². The molecule has 3 aromatic carbocycles. The molecule has 1 amide bonds. The fourth-order valence-electron chi connectivity index (χ4n) is 5.26. The largest absolute Gasteiger partial charge is 0.504 e. The topological polar surface area (TPSA) is 120 Å². The van der Waals surface area contributed by atoms with Crippen LogP contribution in [-0.2, 0) is 10.2 Å². The van der Waals surface area contributed by atoms with Gasteiger partial charge in [0.25, 0.3) is 0 Å². The molecule has 0 unspecified atom stereocenters. The Morgan fingerprint density at radius 3 is 2.51 bits per heavy atom. The number of methoxy groups -OCH3 is 1. The molecule has 216 valence electrons. The van der Waals surface area contributed by atoms with Crippen LogP contribution in [-0.4, -0.2) is 53.2 Å². The van der Waals surface area contributed by atoms with Crippen molar-refractivity contribution in [1.82, 2.24) is 5.32 Å². The van der Waals surface area contributed by atoms with Gasteiger partial charge in [0.15, 0.2) is 17.2 Å². The first-order chi connectivity index (χ1) is 19.7. The summed E-state index contributed by atoms with van der Waals surface area (Å²) in [5.74, 6) is -0.244. The molecule has 0 saturated carbocycles. The van der Waals surface area contributed by atoms with Gasteiger partial charge in [0.05, 0.1) is 12.5 Å². The summed E-state index contributed by atoms with van der Waals surface area (Å²) in [6.45, 7) is 6.19. The average molecular weight is 558 g/mol. The number of para-hydroxylation sites is 1. The van der Waals surface area contributed by atoms with E-state index in [1.807, 2.05) is 36.4 Å². The molecule has 4 rings (SSSR count). The number of hydrogen-bond donors (Lipinski definition) is 5. The van der Waals surface area contributed by atoms with Crippen molar-refractivity contribution in [2.24, 2.45) is 5.73 Å². The predicted octanol–water partition coefficient (Wildman–Crippen LogP) is 5.57. The van der Waals surface area contributed by atoms with Crippen molar-refractivity contribution in [3.8, 4) is 17.2 Å². The van der Waals surface area contributed by atoms with Crippen LogP contribution in [0.15, 0.2) is 66.7 Å². The zero-order valence-corrected chi connectivity index (χ0v) is 24.1. The van der Waals surface area contributed by atoms with Gasteiger partial charge in [0.2, 0.25) is 17.3 Å². The zero-order chi connectivity index (χ0) is 29.4. The Kier molecular flexibility index (Phi) is 9.68. The Morgan fingerprint density at radius 2 is 1.78 bits per heavy atom. The van der Waals surface area contributed by atoms with Crippen molar-refractivity contribution in [3.05, 3.63) is 77.9 Å². The van der Waals surface area contributed by atoms with Gasteiger partial charge in [-0.2, -0.15) is 4.58 Å². The van der Waals surface area contributed by atoms with E-state index in [0.29, 0.717) is 25.1 Å². The van der Waals surface area contributed by atoms with Crippen molar-refractivity contribution < 1.29 is 24.3 Å². The number of nitrogens with two attached hydrogens (primary N) is 1. The summed E-state index contributed by atoms with van der Waals surface area (Å²) in [5.41, 5.74) is 11.4. The molecule has 8 nitrogen and oxygen atoms in total. The standard InChI is InChI=1S/C33H40N4O4/c1-33(2)26-22-25(36-24-10-6-4-7-11-24)14-15-27(26)37(19-9-5-8-12-31(39)35-18-17-34)30(33)16-13-23-20-28(38)32(40)29(21-23)41-3/h4,6-7,10-11,13-16,20-22,36H,5,8-9,12,17-19,34H2,1-3H3,(H2,35,38,39)/p+1. The molecule has 3 aromatic rings. The van der Waals surface area contributed by atoms with E-state index in [0.717, 1.165) is 48.6 Å². The first-order valence-corrected chi connectivity index (χ1v) is 14.1. The zero-order valence-electron chi connectivity index (χ0n) is 24.1. The lowest BCUT2D eigenvalue weighted by Gasteiger charge is -2.17. The molecule has 0 atom stereocenters. The van der Waals surface area contributed by atoms with E-state index in [9.17, 15) is 15.0 Å². The van der Waals surface area contributed by atoms with E-state index < -0.39 is 0 Å². The number of benzene rings is 3. The minimum Gasteiger partial charge on any atom is -0.504 e. The third kappa shape index (κ3) is 7.08. The molecule has 0 spiro atoms. The number of ether oxygens (including phenoxy) is 1. The molecule has 0 saturated heterocycles. The Bertz CT molecular complexity index is 1430. The summed E-state index contributed by atoms with van der Waals surface area (Å²) in [7, 11) is 1.46. The Balaban J connectivity index is 1.61. The second-order valence-electron chi connectivity index (χ2n) is 10.8. The van der Waals surface area contributed by atoms with Crippen molar-refractivity contribution in [2.75, 3.05) is 32.1 Å². The maximum atomic E-state index is 12.0. The van der Waals surface area contributed by atoms with E-state index >= 15 is 0 Å². The first kappa shape index (κ1) is 29.7. The summed E-state index contributed by atoms with van der Waals surface area (Å²) in [6.07, 6.45) is 7.18. The molecule has 41 heavy (non-hydrogen) atoms. The van der Waals surface area contributed by atoms with E-state index in [2.05, 4.69) is 53.3 Å². The smallest absolute Gasteiger partial charge is 0.220 e. The molecular weight excluding hydrogens is 516 g/mol. The minimum atomic E-state index is -0.300. The number of nitrogens with one attached hydrogen (secondary N) is 2. The highest BCUT2D eigenvalue weighted by Crippen LogP contribution is 2.42. The van der Waals surface area contributed by atoms with Crippen LogP contribution in [0.25, 0.3) is 6.08 Å². The molecule has 1 aliphatic rings. The summed E-state index contributed by atoms with van der Waals surface area (Å²) < 4.78 is 7.58. The molecule has 0 radical (unpaired) electrons. The lowest BCUT2D eigenvalue weighted by molar-refractivity contribution is -0.438. The van der Waals surface area contributed by atoms with E-state index in [1.54, 1.807) is 6.07 Å². The predicted molar refractivity (Wildman–Crippen MR) is 165 cm³/mol. The lowest BCUT2D eigenvalue weighted by Crippen LogP contribution is -2.28. The van der Waals surface area contributed by atoms with Gasteiger partial charge in [-0.1, -0.05) is 18.2 Å². The SMILES string of the molecule is COc1cc(/C=C/C2=[N+](CCCCCC(=O)NCCN)c3ccc(Nc4ccccc4)cc3C2(C)C)cc(O)c1O. The van der Waals surface area contributed by atoms with Gasteiger partial charge in [-0.25, -0.2) is 0 Å². The quantitative estimate of drug-likeness (QED) is 0.106. The van der Waals surface area contributed by atoms with Gasteiger partial charge in [-0.15, -0.1) is 0 Å². The Morgan fingerprint density at radius 1 is 1.00 bits per heavy atom. The normalized spacial score (nSPS) is 13.9. The molecule has 0 bridgehead atoms. The second-order valence-corrected chi connectivity index (χ2v) is 10.8. The molecule has 6 N–H and O–H groups in total. The highest BCUT2D eigenvalue weighted by Gasteiger charge is 2.44. The number of rotatable bonds is 13. The van der Waals surface area contributed by atoms with Crippen LogP contribution in [0.1, 0.15) is 50.7 Å². The third-order valence-corrected chi connectivity index (χ3v) is 7.44. The summed E-state index contributed by atoms with van der Waals surface area (Å²) in [6, 6.07) is 19.8. The number of nitrogens with zero attached hydrogens (tertiary/aromatic N) is 1. The van der Waals surface area contributed by atoms with E-state index in [4.69, 9.17) is 10.5 Å². The molecular formula is C33H41N4O4+. The maximum absolute atomic E-state index is 12.0. The van der Waals surface area contributed by atoms with E-state index in [-0.39, 0.29) is 28.6 Å². The fourth-order valence-corrected chi connectivity index (χ4v) is 5.26. The number of amides is 1. The monoisotopic (exact) mass is 557 g/mol. The van der Waals surface area contributed by atoms with Gasteiger partial charge in [0, 0.05) is 55.0 Å². The Hall–Kier alpha value is -4.30. The van der Waals surface area contributed by atoms with Gasteiger partial charge in [0.1, 0.15) is 6.54 Å². The maximum Gasteiger partial charge on any atom is 0.220 e. The van der Waals surface area contributed by atoms with E-state index in [1.165, 1.54) is 18.7 Å². The molecule has 0 aromatic heterocycles. The van der Waals surface area contributed by atoms with Crippen molar-refractivity contribution in [1.29, 1.82) is 0 Å². The molecule has 1 aliphatic heterocycles. The fraction of sp³-hybridized carbons (Fsp3) is 0.333. The van der Waals surface area contributed by atoms with Crippen molar-refractivity contribution in [3.63, 3.8) is 0 Å². The van der Waals surface area contributed by atoms with Gasteiger partial charge >= 0.3 is 0 Å². The number of carbonyl (C=O) groups is 1. The number of phenolic OH excluding ortho intramolecular Hbond substituents is 2. The third-order valence-electron chi connectivity index (χ3n) is 7.44. The van der Waals surface area contributed by atoms with Crippen LogP contribution in [0.4, 0.5) is 17.1 Å². The van der Waals surface area contributed by atoms with Gasteiger partial charge in [-0.05, 0) is 74.7 Å². The second kappa shape index (κ2) is 13.4. The molecule has 0 fully saturated rings. The lowest BCUT2D eigenvalue weighted by atomic mass is 9.81. The van der Waals surface area contributed by atoms with Crippen LogP contribution in [0, 0.1) is 0 Å². The van der Waals surface area contributed by atoms with Gasteiger partial charge in [-0.3, -0.25) is 4.79 Å². The molecule has 1 heterocycles. The van der Waals surface area contributed by atoms with Crippen molar-refractivity contribution in [2.45, 2.75) is 44.9 Å². The number of unbranched alkanes of at least 4 members (excludes halogenated alkanes) is 2. The number of phenols is 2. The number of fused-ring (bicyclic) bond motifs is 1. The summed E-state index contributed by atoms with van der Waals surface area (Å²) in [5, 5.41) is 26.6. The highest BCUT2D eigenvalue weighted by atomic mass is 16.5. The first-order valence-electron chi connectivity index (χ1n) is 14.1. The Labute approximate surface area is 242 Å². The number of carbonyl (C=O) groups excluding carboxylic acids is 1. The summed E-state index contributed by atoms with van der Waals surface area (Å²) >= 11 is 0. The number of allylic oxidation sites excluding steroid dienone is 1. The minimum absolute atomic E-state index is 0.0457. The van der Waals surface area contributed by atoms with Crippen LogP contribution in [0.2, 0.25) is 0 Å². The number of aromatic hydroxyl groups is 2. The van der Waals surface area contributed by atoms with Crippen LogP contribution < -0.4 is 21.1 Å². The number of hydrogen-bond acceptors (Lipinski definition) is 6. The average Bonchev–Trinajstić information content (AvgIpc) is 3.17. The highest BCUT2D eigenvalue weighted by molar-refractivity contribution is 6.05. The van der Waals surface area contributed by atoms with Crippen LogP contribution in [0.3, 0.4) is 0 Å². The van der Waals surface area contributed by atoms with Crippen LogP contribution >= 0.6 is 0 Å². The summed E-state index contributed by atoms with van der Waals surface area (Å²) in [4.78, 5) is 12.0. The molecule has 8 heteroatoms. The number of anilines is 2. The van der Waals surface area contributed by atoms with Crippen molar-refractivity contribution >= 4 is 34.8 Å². The molecule has 0 aliphatic carbocycles. The van der Waals surface area contributed by atoms with Crippen LogP contribution in [0.5, 0.6) is 17.2 Å².